The zero-order valence-corrected chi connectivity index (χ0v) is 15.1. The van der Waals surface area contributed by atoms with Crippen LogP contribution in [-0.4, -0.2) is 26.7 Å². The van der Waals surface area contributed by atoms with Gasteiger partial charge in [-0.25, -0.2) is 4.68 Å². The van der Waals surface area contributed by atoms with Crippen LogP contribution in [0, 0.1) is 17.2 Å². The highest BCUT2D eigenvalue weighted by molar-refractivity contribution is 6.13. The molecule has 1 N–H and O–H groups in total. The van der Waals surface area contributed by atoms with E-state index in [0.29, 0.717) is 12.1 Å². The quantitative estimate of drug-likeness (QED) is 0.537. The van der Waals surface area contributed by atoms with Crippen LogP contribution >= 0.6 is 0 Å². The molecule has 3 rings (SSSR count). The molecule has 1 aromatic heterocycles. The largest absolute Gasteiger partial charge is 0.348 e. The van der Waals surface area contributed by atoms with Gasteiger partial charge in [-0.2, -0.15) is 5.26 Å². The highest BCUT2D eigenvalue weighted by Crippen LogP contribution is 2.18. The molecule has 0 unspecified atom stereocenters. The van der Waals surface area contributed by atoms with Gasteiger partial charge < -0.3 is 5.32 Å². The third-order valence-electron chi connectivity index (χ3n) is 4.41. The fourth-order valence-corrected chi connectivity index (χ4v) is 2.88. The Bertz CT molecular complexity index is 1020. The Morgan fingerprint density at radius 1 is 1.22 bits per heavy atom. The van der Waals surface area contributed by atoms with Crippen LogP contribution in [0.2, 0.25) is 0 Å². The molecule has 7 nitrogen and oxygen atoms in total. The average Bonchev–Trinajstić information content (AvgIpc) is 3.11. The minimum atomic E-state index is -1.42. The maximum atomic E-state index is 12.7. The summed E-state index contributed by atoms with van der Waals surface area (Å²) in [6, 6.07) is 15.8. The molecule has 0 spiro atoms. The van der Waals surface area contributed by atoms with Crippen LogP contribution in [0.5, 0.6) is 0 Å². The van der Waals surface area contributed by atoms with Crippen molar-refractivity contribution in [1.82, 2.24) is 20.3 Å². The van der Waals surface area contributed by atoms with Crippen LogP contribution < -0.4 is 5.32 Å². The van der Waals surface area contributed by atoms with Crippen molar-refractivity contribution in [3.05, 3.63) is 59.7 Å². The van der Waals surface area contributed by atoms with Crippen LogP contribution in [0.3, 0.4) is 0 Å². The van der Waals surface area contributed by atoms with Gasteiger partial charge in [0.05, 0.1) is 17.6 Å². The zero-order chi connectivity index (χ0) is 19.4. The van der Waals surface area contributed by atoms with E-state index in [2.05, 4.69) is 15.6 Å². The Labute approximate surface area is 156 Å². The third kappa shape index (κ3) is 3.70. The highest BCUT2D eigenvalue weighted by Gasteiger charge is 2.29. The van der Waals surface area contributed by atoms with Gasteiger partial charge in [0, 0.05) is 12.1 Å². The van der Waals surface area contributed by atoms with Crippen LogP contribution in [-0.2, 0) is 11.3 Å². The molecule has 0 bridgehead atoms. The van der Waals surface area contributed by atoms with E-state index in [4.69, 9.17) is 0 Å². The molecule has 7 heteroatoms. The number of nitriles is 1. The van der Waals surface area contributed by atoms with Crippen molar-refractivity contribution in [1.29, 1.82) is 5.26 Å². The van der Waals surface area contributed by atoms with Crippen molar-refractivity contribution in [2.45, 2.75) is 26.4 Å². The summed E-state index contributed by atoms with van der Waals surface area (Å²) in [6.07, 6.45) is 0. The summed E-state index contributed by atoms with van der Waals surface area (Å²) < 4.78 is 1.71. The lowest BCUT2D eigenvalue weighted by Gasteiger charge is -2.16. The van der Waals surface area contributed by atoms with Gasteiger partial charge >= 0.3 is 0 Å². The summed E-state index contributed by atoms with van der Waals surface area (Å²) in [5, 5.41) is 20.2. The normalized spacial score (nSPS) is 12.9. The zero-order valence-electron chi connectivity index (χ0n) is 15.1. The Hall–Kier alpha value is -3.53. The van der Waals surface area contributed by atoms with E-state index in [9.17, 15) is 14.9 Å². The number of aromatic nitrogens is 3. The molecule has 1 amide bonds. The number of fused-ring (bicyclic) bond motifs is 1. The molecule has 0 aliphatic carbocycles. The number of nitrogens with one attached hydrogen (secondary N) is 1. The van der Waals surface area contributed by atoms with Gasteiger partial charge in [-0.15, -0.1) is 5.10 Å². The maximum absolute atomic E-state index is 12.7. The fourth-order valence-electron chi connectivity index (χ4n) is 2.88. The molecular formula is C20H19N5O2. The molecule has 0 aliphatic heterocycles. The summed E-state index contributed by atoms with van der Waals surface area (Å²) in [6.45, 7) is 4.41. The number of hydrogen-bond acceptors (Lipinski definition) is 5. The number of carbonyl (C=O) groups excluding carboxylic acids is 2. The summed E-state index contributed by atoms with van der Waals surface area (Å²) in [5.74, 6) is -2.59. The molecule has 2 atom stereocenters. The van der Waals surface area contributed by atoms with Gasteiger partial charge in [0.2, 0.25) is 5.91 Å². The summed E-state index contributed by atoms with van der Waals surface area (Å²) in [4.78, 5) is 25.2. The van der Waals surface area contributed by atoms with E-state index in [1.54, 1.807) is 29.8 Å². The molecule has 0 radical (unpaired) electrons. The number of carbonyl (C=O) groups is 2. The van der Waals surface area contributed by atoms with Crippen LogP contribution in [0.1, 0.15) is 35.8 Å². The monoisotopic (exact) mass is 361 g/mol. The first kappa shape index (κ1) is 18.3. The van der Waals surface area contributed by atoms with Gasteiger partial charge in [0.1, 0.15) is 5.52 Å². The standard InChI is InChI=1S/C20H19N5O2/c1-3-25-18-10-9-15(11-17(18)23-24-25)19(26)16(12-21)20(27)22-13(2)14-7-5-4-6-8-14/h4-11,13,16H,3H2,1-2H3,(H,22,27)/t13-,16+/m0/s1. The van der Waals surface area contributed by atoms with Crippen LogP contribution in [0.15, 0.2) is 48.5 Å². The molecule has 27 heavy (non-hydrogen) atoms. The number of nitrogens with zero attached hydrogens (tertiary/aromatic N) is 4. The average molecular weight is 361 g/mol. The maximum Gasteiger partial charge on any atom is 0.245 e. The Morgan fingerprint density at radius 3 is 2.63 bits per heavy atom. The topological polar surface area (TPSA) is 101 Å². The molecule has 0 saturated carbocycles. The van der Waals surface area contributed by atoms with Crippen LogP contribution in [0.25, 0.3) is 11.0 Å². The van der Waals surface area contributed by atoms with Crippen molar-refractivity contribution in [2.24, 2.45) is 5.92 Å². The summed E-state index contributed by atoms with van der Waals surface area (Å²) in [5.41, 5.74) is 2.51. The van der Waals surface area contributed by atoms with Crippen molar-refractivity contribution < 1.29 is 9.59 Å². The molecule has 3 aromatic rings. The van der Waals surface area contributed by atoms with E-state index in [1.165, 1.54) is 0 Å². The molecule has 136 valence electrons. The number of ketones is 1. The van der Waals surface area contributed by atoms with Crippen molar-refractivity contribution in [3.63, 3.8) is 0 Å². The molecule has 0 saturated heterocycles. The van der Waals surface area contributed by atoms with Gasteiger partial charge in [-0.1, -0.05) is 35.5 Å². The summed E-state index contributed by atoms with van der Waals surface area (Å²) >= 11 is 0. The molecule has 0 aliphatic rings. The SMILES string of the molecule is CCn1nnc2cc(C(=O)[C@@H](C#N)C(=O)N[C@@H](C)c3ccccc3)ccc21. The Morgan fingerprint density at radius 2 is 1.96 bits per heavy atom. The number of hydrogen-bond donors (Lipinski definition) is 1. The van der Waals surface area contributed by atoms with Crippen molar-refractivity contribution in [3.8, 4) is 6.07 Å². The van der Waals surface area contributed by atoms with E-state index in [0.717, 1.165) is 11.1 Å². The second kappa shape index (κ2) is 7.79. The second-order valence-electron chi connectivity index (χ2n) is 6.18. The minimum Gasteiger partial charge on any atom is -0.348 e. The first-order valence-electron chi connectivity index (χ1n) is 8.67. The third-order valence-corrected chi connectivity index (χ3v) is 4.41. The lowest BCUT2D eigenvalue weighted by molar-refractivity contribution is -0.122. The lowest BCUT2D eigenvalue weighted by Crippen LogP contribution is -2.36. The van der Waals surface area contributed by atoms with Gasteiger partial charge in [0.25, 0.3) is 0 Å². The molecule has 0 fully saturated rings. The number of Topliss-reactive ketones (excluding diaryl/α,β-unsaturated/α-hetero) is 1. The van der Waals surface area contributed by atoms with Crippen molar-refractivity contribution in [2.75, 3.05) is 0 Å². The van der Waals surface area contributed by atoms with Gasteiger partial charge in [-0.3, -0.25) is 9.59 Å². The molecular weight excluding hydrogens is 342 g/mol. The number of amides is 1. The van der Waals surface area contributed by atoms with Crippen LogP contribution in [0.4, 0.5) is 0 Å². The smallest absolute Gasteiger partial charge is 0.245 e. The molecule has 2 aromatic carbocycles. The first-order chi connectivity index (χ1) is 13.0. The first-order valence-corrected chi connectivity index (χ1v) is 8.67. The number of benzene rings is 2. The van der Waals surface area contributed by atoms with E-state index in [-0.39, 0.29) is 11.6 Å². The number of aryl methyl sites for hydroxylation is 1. The molecule has 1 heterocycles. The predicted octanol–water partition coefficient (Wildman–Crippen LogP) is 2.65. The lowest BCUT2D eigenvalue weighted by atomic mass is 9.97. The minimum absolute atomic E-state index is 0.264. The number of rotatable bonds is 6. The Kier molecular flexibility index (Phi) is 5.27. The van der Waals surface area contributed by atoms with E-state index < -0.39 is 17.6 Å². The summed E-state index contributed by atoms with van der Waals surface area (Å²) in [7, 11) is 0. The Balaban J connectivity index is 1.79. The van der Waals surface area contributed by atoms with E-state index in [1.807, 2.05) is 43.3 Å². The van der Waals surface area contributed by atoms with Gasteiger partial charge in [0.15, 0.2) is 11.7 Å². The second-order valence-corrected chi connectivity index (χ2v) is 6.18. The van der Waals surface area contributed by atoms with Crippen molar-refractivity contribution >= 4 is 22.7 Å². The predicted molar refractivity (Wildman–Crippen MR) is 99.6 cm³/mol. The van der Waals surface area contributed by atoms with E-state index >= 15 is 0 Å². The highest BCUT2D eigenvalue weighted by atomic mass is 16.2. The fraction of sp³-hybridized carbons (Fsp3) is 0.250. The van der Waals surface area contributed by atoms with Gasteiger partial charge in [-0.05, 0) is 37.6 Å².